The molecule has 0 radical (unpaired) electrons. The van der Waals surface area contributed by atoms with Gasteiger partial charge in [0, 0.05) is 10.5 Å². The zero-order valence-electron chi connectivity index (χ0n) is 11.6. The van der Waals surface area contributed by atoms with Crippen molar-refractivity contribution in [2.24, 2.45) is 0 Å². The highest BCUT2D eigenvalue weighted by Gasteiger charge is 2.21. The van der Waals surface area contributed by atoms with Gasteiger partial charge in [-0.2, -0.15) is 0 Å². The van der Waals surface area contributed by atoms with Gasteiger partial charge in [0.2, 0.25) is 0 Å². The van der Waals surface area contributed by atoms with Gasteiger partial charge in [0.15, 0.2) is 0 Å². The van der Waals surface area contributed by atoms with Crippen LogP contribution in [0.2, 0.25) is 0 Å². The average molecular weight is 406 g/mol. The van der Waals surface area contributed by atoms with Crippen molar-refractivity contribution < 1.29 is 26.7 Å². The molecule has 0 saturated heterocycles. The SMILES string of the molecule is COC(=O)c1cc(NS(=O)(=O)c2cccc(Br)c2)c(F)cc1F. The molecule has 0 aromatic heterocycles. The van der Waals surface area contributed by atoms with Crippen molar-refractivity contribution in [3.05, 3.63) is 58.1 Å². The number of nitrogens with one attached hydrogen (secondary N) is 1. The smallest absolute Gasteiger partial charge is 0.340 e. The second-order valence-electron chi connectivity index (χ2n) is 4.37. The predicted octanol–water partition coefficient (Wildman–Crippen LogP) is 3.31. The molecule has 0 amide bonds. The fourth-order valence-corrected chi connectivity index (χ4v) is 3.39. The molecule has 122 valence electrons. The van der Waals surface area contributed by atoms with Crippen LogP contribution in [-0.4, -0.2) is 21.5 Å². The van der Waals surface area contributed by atoms with Crippen LogP contribution in [0.3, 0.4) is 0 Å². The minimum Gasteiger partial charge on any atom is -0.465 e. The number of carbonyl (C=O) groups is 1. The highest BCUT2D eigenvalue weighted by atomic mass is 79.9. The van der Waals surface area contributed by atoms with Crippen molar-refractivity contribution in [3.63, 3.8) is 0 Å². The van der Waals surface area contributed by atoms with Gasteiger partial charge in [-0.3, -0.25) is 4.72 Å². The molecule has 0 spiro atoms. The average Bonchev–Trinajstić information content (AvgIpc) is 2.49. The molecule has 5 nitrogen and oxygen atoms in total. The van der Waals surface area contributed by atoms with Gasteiger partial charge in [0.25, 0.3) is 10.0 Å². The normalized spacial score (nSPS) is 11.1. The lowest BCUT2D eigenvalue weighted by atomic mass is 10.2. The Kier molecular flexibility index (Phi) is 5.00. The highest BCUT2D eigenvalue weighted by molar-refractivity contribution is 9.10. The molecule has 0 atom stereocenters. The molecule has 2 aromatic rings. The van der Waals surface area contributed by atoms with Gasteiger partial charge in [-0.15, -0.1) is 0 Å². The number of ether oxygens (including phenoxy) is 1. The van der Waals surface area contributed by atoms with E-state index in [0.717, 1.165) is 13.2 Å². The number of hydrogen-bond donors (Lipinski definition) is 1. The van der Waals surface area contributed by atoms with E-state index in [9.17, 15) is 22.0 Å². The fourth-order valence-electron chi connectivity index (χ4n) is 1.73. The Labute approximate surface area is 139 Å². The minimum absolute atomic E-state index is 0.129. The summed E-state index contributed by atoms with van der Waals surface area (Å²) in [5, 5.41) is 0. The summed E-state index contributed by atoms with van der Waals surface area (Å²) in [6.07, 6.45) is 0. The number of rotatable bonds is 4. The molecule has 1 N–H and O–H groups in total. The van der Waals surface area contributed by atoms with Gasteiger partial charge in [-0.1, -0.05) is 22.0 Å². The van der Waals surface area contributed by atoms with Crippen molar-refractivity contribution in [1.29, 1.82) is 0 Å². The van der Waals surface area contributed by atoms with Gasteiger partial charge in [-0.05, 0) is 24.3 Å². The van der Waals surface area contributed by atoms with Crippen molar-refractivity contribution in [2.45, 2.75) is 4.90 Å². The van der Waals surface area contributed by atoms with Gasteiger partial charge in [-0.25, -0.2) is 22.0 Å². The van der Waals surface area contributed by atoms with Gasteiger partial charge < -0.3 is 4.74 Å². The van der Waals surface area contributed by atoms with Gasteiger partial charge in [0.1, 0.15) is 11.6 Å². The van der Waals surface area contributed by atoms with E-state index in [2.05, 4.69) is 20.7 Å². The molecule has 9 heteroatoms. The molecule has 0 saturated carbocycles. The van der Waals surface area contributed by atoms with Crippen molar-refractivity contribution in [1.82, 2.24) is 0 Å². The van der Waals surface area contributed by atoms with E-state index >= 15 is 0 Å². The molecule has 2 rings (SSSR count). The Balaban J connectivity index is 2.45. The quantitative estimate of drug-likeness (QED) is 0.791. The Hall–Kier alpha value is -2.00. The first-order valence-electron chi connectivity index (χ1n) is 6.10. The summed E-state index contributed by atoms with van der Waals surface area (Å²) >= 11 is 3.13. The van der Waals surface area contributed by atoms with Crippen molar-refractivity contribution >= 4 is 37.6 Å². The molecule has 0 aliphatic rings. The molecule has 0 heterocycles. The predicted molar refractivity (Wildman–Crippen MR) is 82.6 cm³/mol. The lowest BCUT2D eigenvalue weighted by Crippen LogP contribution is -2.15. The number of benzene rings is 2. The van der Waals surface area contributed by atoms with Gasteiger partial charge >= 0.3 is 5.97 Å². The highest BCUT2D eigenvalue weighted by Crippen LogP contribution is 2.24. The van der Waals surface area contributed by atoms with Crippen LogP contribution in [0.15, 0.2) is 45.8 Å². The second-order valence-corrected chi connectivity index (χ2v) is 6.96. The number of halogens is 3. The Morgan fingerprint density at radius 3 is 2.48 bits per heavy atom. The van der Waals surface area contributed by atoms with E-state index in [-0.39, 0.29) is 4.90 Å². The summed E-state index contributed by atoms with van der Waals surface area (Å²) in [5.41, 5.74) is -1.15. The topological polar surface area (TPSA) is 72.5 Å². The number of carbonyl (C=O) groups excluding carboxylic acids is 1. The molecule has 0 bridgehead atoms. The van der Waals surface area contributed by atoms with Crippen LogP contribution in [0.1, 0.15) is 10.4 Å². The first-order chi connectivity index (χ1) is 10.7. The Morgan fingerprint density at radius 1 is 1.17 bits per heavy atom. The Bertz CT molecular complexity index is 871. The lowest BCUT2D eigenvalue weighted by molar-refractivity contribution is 0.0595. The summed E-state index contributed by atoms with van der Waals surface area (Å²) in [5.74, 6) is -3.36. The first-order valence-corrected chi connectivity index (χ1v) is 8.38. The number of esters is 1. The molecular weight excluding hydrogens is 396 g/mol. The summed E-state index contributed by atoms with van der Waals surface area (Å²) in [7, 11) is -3.09. The zero-order valence-corrected chi connectivity index (χ0v) is 14.0. The van der Waals surface area contributed by atoms with Crippen LogP contribution < -0.4 is 4.72 Å². The summed E-state index contributed by atoms with van der Waals surface area (Å²) < 4.78 is 58.7. The van der Waals surface area contributed by atoms with E-state index in [1.54, 1.807) is 6.07 Å². The molecule has 23 heavy (non-hydrogen) atoms. The van der Waals surface area contributed by atoms with Crippen molar-refractivity contribution in [3.8, 4) is 0 Å². The van der Waals surface area contributed by atoms with Crippen LogP contribution in [0.5, 0.6) is 0 Å². The lowest BCUT2D eigenvalue weighted by Gasteiger charge is -2.11. The monoisotopic (exact) mass is 405 g/mol. The molecule has 0 fully saturated rings. The van der Waals surface area contributed by atoms with E-state index in [1.807, 2.05) is 4.72 Å². The first kappa shape index (κ1) is 17.4. The number of methoxy groups -OCH3 is 1. The molecule has 0 aliphatic carbocycles. The maximum atomic E-state index is 13.8. The van der Waals surface area contributed by atoms with Crippen molar-refractivity contribution in [2.75, 3.05) is 11.8 Å². The third kappa shape index (κ3) is 3.85. The summed E-state index contributed by atoms with van der Waals surface area (Å²) in [6.45, 7) is 0. The summed E-state index contributed by atoms with van der Waals surface area (Å²) in [4.78, 5) is 11.3. The molecule has 0 unspecified atom stereocenters. The minimum atomic E-state index is -4.11. The van der Waals surface area contributed by atoms with E-state index in [4.69, 9.17) is 0 Å². The maximum absolute atomic E-state index is 13.8. The van der Waals surface area contributed by atoms with Crippen LogP contribution in [-0.2, 0) is 14.8 Å². The van der Waals surface area contributed by atoms with Crippen LogP contribution in [0.4, 0.5) is 14.5 Å². The maximum Gasteiger partial charge on any atom is 0.340 e. The van der Waals surface area contributed by atoms with Crippen LogP contribution >= 0.6 is 15.9 Å². The van der Waals surface area contributed by atoms with Crippen LogP contribution in [0, 0.1) is 11.6 Å². The number of hydrogen-bond acceptors (Lipinski definition) is 4. The third-order valence-electron chi connectivity index (χ3n) is 2.81. The van der Waals surface area contributed by atoms with E-state index in [0.29, 0.717) is 10.5 Å². The Morgan fingerprint density at radius 2 is 1.87 bits per heavy atom. The largest absolute Gasteiger partial charge is 0.465 e. The molecule has 2 aromatic carbocycles. The zero-order chi connectivity index (χ0) is 17.2. The number of anilines is 1. The number of sulfonamides is 1. The van der Waals surface area contributed by atoms with Gasteiger partial charge in [0.05, 0.1) is 23.3 Å². The summed E-state index contributed by atoms with van der Waals surface area (Å²) in [6, 6.07) is 6.87. The molecular formula is C14H10BrF2NO4S. The van der Waals surface area contributed by atoms with E-state index < -0.39 is 38.9 Å². The van der Waals surface area contributed by atoms with Crippen LogP contribution in [0.25, 0.3) is 0 Å². The molecule has 0 aliphatic heterocycles. The third-order valence-corrected chi connectivity index (χ3v) is 4.67. The van der Waals surface area contributed by atoms with E-state index in [1.165, 1.54) is 18.2 Å². The standard InChI is InChI=1S/C14H10BrF2NO4S/c1-22-14(19)10-6-13(12(17)7-11(10)16)18-23(20,21)9-4-2-3-8(15)5-9/h2-7,18H,1H3. The second kappa shape index (κ2) is 6.63. The fraction of sp³-hybridized carbons (Fsp3) is 0.0714.